The monoisotopic (exact) mass is 174 g/mol. The Kier molecular flexibility index (Phi) is 3.31. The summed E-state index contributed by atoms with van der Waals surface area (Å²) < 4.78 is 4.59. The minimum atomic E-state index is -0.259. The molecule has 0 aromatic heterocycles. The Morgan fingerprint density at radius 2 is 1.75 bits per heavy atom. The predicted octanol–water partition coefficient (Wildman–Crippen LogP) is -0.0682. The van der Waals surface area contributed by atoms with Crippen molar-refractivity contribution >= 4 is 6.09 Å². The van der Waals surface area contributed by atoms with Gasteiger partial charge in [-0.25, -0.2) is 4.79 Å². The SMILES string of the molecule is COC(=O)N1CCN(OC)CC1. The number of nitrogens with zero attached hydrogens (tertiary/aromatic N) is 2. The van der Waals surface area contributed by atoms with Crippen LogP contribution in [-0.4, -0.2) is 56.5 Å². The van der Waals surface area contributed by atoms with E-state index in [0.29, 0.717) is 13.1 Å². The molecule has 12 heavy (non-hydrogen) atoms. The van der Waals surface area contributed by atoms with Crippen molar-refractivity contribution in [3.63, 3.8) is 0 Å². The number of amides is 1. The Bertz CT molecular complexity index is 155. The maximum absolute atomic E-state index is 11.0. The second kappa shape index (κ2) is 4.27. The highest BCUT2D eigenvalue weighted by Gasteiger charge is 2.20. The van der Waals surface area contributed by atoms with Gasteiger partial charge in [-0.05, 0) is 0 Å². The lowest BCUT2D eigenvalue weighted by atomic mass is 10.4. The quantitative estimate of drug-likeness (QED) is 0.558. The molecule has 70 valence electrons. The van der Waals surface area contributed by atoms with Crippen molar-refractivity contribution in [2.45, 2.75) is 0 Å². The second-order valence-electron chi connectivity index (χ2n) is 2.57. The largest absolute Gasteiger partial charge is 0.453 e. The molecular formula is C7H14N2O3. The van der Waals surface area contributed by atoms with Gasteiger partial charge in [-0.2, -0.15) is 5.06 Å². The first-order chi connectivity index (χ1) is 5.77. The van der Waals surface area contributed by atoms with Crippen LogP contribution in [0.25, 0.3) is 0 Å². The van der Waals surface area contributed by atoms with Crippen LogP contribution in [0.4, 0.5) is 4.79 Å². The summed E-state index contributed by atoms with van der Waals surface area (Å²) in [6, 6.07) is 0. The number of rotatable bonds is 1. The molecule has 1 heterocycles. The molecule has 0 atom stereocenters. The molecule has 0 unspecified atom stereocenters. The van der Waals surface area contributed by atoms with E-state index in [4.69, 9.17) is 4.84 Å². The molecule has 1 aliphatic heterocycles. The van der Waals surface area contributed by atoms with Crippen molar-refractivity contribution in [2.24, 2.45) is 0 Å². The second-order valence-corrected chi connectivity index (χ2v) is 2.57. The number of carbonyl (C=O) groups excluding carboxylic acids is 1. The van der Waals surface area contributed by atoms with E-state index >= 15 is 0 Å². The number of methoxy groups -OCH3 is 1. The van der Waals surface area contributed by atoms with Gasteiger partial charge in [0, 0.05) is 26.2 Å². The van der Waals surface area contributed by atoms with Gasteiger partial charge in [0.15, 0.2) is 0 Å². The summed E-state index contributed by atoms with van der Waals surface area (Å²) in [5.41, 5.74) is 0. The fraction of sp³-hybridized carbons (Fsp3) is 0.857. The highest BCUT2D eigenvalue weighted by Crippen LogP contribution is 2.02. The zero-order valence-corrected chi connectivity index (χ0v) is 7.45. The summed E-state index contributed by atoms with van der Waals surface area (Å²) >= 11 is 0. The summed E-state index contributed by atoms with van der Waals surface area (Å²) in [4.78, 5) is 17.7. The van der Waals surface area contributed by atoms with E-state index in [1.165, 1.54) is 7.11 Å². The summed E-state index contributed by atoms with van der Waals surface area (Å²) in [7, 11) is 3.03. The van der Waals surface area contributed by atoms with Gasteiger partial charge in [-0.3, -0.25) is 0 Å². The minimum Gasteiger partial charge on any atom is -0.453 e. The van der Waals surface area contributed by atoms with E-state index in [0.717, 1.165) is 13.1 Å². The molecule has 0 saturated carbocycles. The summed E-state index contributed by atoms with van der Waals surface area (Å²) in [6.45, 7) is 2.82. The fourth-order valence-corrected chi connectivity index (χ4v) is 1.18. The molecule has 1 rings (SSSR count). The van der Waals surface area contributed by atoms with Crippen LogP contribution < -0.4 is 0 Å². The lowest BCUT2D eigenvalue weighted by molar-refractivity contribution is -0.148. The minimum absolute atomic E-state index is 0.259. The molecule has 1 fully saturated rings. The Labute approximate surface area is 71.8 Å². The molecule has 1 aliphatic rings. The van der Waals surface area contributed by atoms with Crippen LogP contribution in [0.2, 0.25) is 0 Å². The third-order valence-electron chi connectivity index (χ3n) is 1.93. The number of hydrogen-bond donors (Lipinski definition) is 0. The first-order valence-corrected chi connectivity index (χ1v) is 3.90. The van der Waals surface area contributed by atoms with E-state index in [9.17, 15) is 4.79 Å². The average molecular weight is 174 g/mol. The molecule has 0 spiro atoms. The molecule has 0 aromatic carbocycles. The van der Waals surface area contributed by atoms with Crippen LogP contribution >= 0.6 is 0 Å². The molecule has 0 radical (unpaired) electrons. The van der Waals surface area contributed by atoms with Gasteiger partial charge < -0.3 is 14.5 Å². The van der Waals surface area contributed by atoms with Gasteiger partial charge in [0.1, 0.15) is 0 Å². The molecule has 0 aliphatic carbocycles. The Hall–Kier alpha value is -0.810. The van der Waals surface area contributed by atoms with Crippen LogP contribution in [0.1, 0.15) is 0 Å². The van der Waals surface area contributed by atoms with Gasteiger partial charge >= 0.3 is 6.09 Å². The van der Waals surface area contributed by atoms with Crippen molar-refractivity contribution in [1.29, 1.82) is 0 Å². The number of carbonyl (C=O) groups is 1. The van der Waals surface area contributed by atoms with E-state index in [1.807, 2.05) is 5.06 Å². The summed E-state index contributed by atoms with van der Waals surface area (Å²) in [5, 5.41) is 1.82. The van der Waals surface area contributed by atoms with Crippen molar-refractivity contribution in [3.05, 3.63) is 0 Å². The van der Waals surface area contributed by atoms with Gasteiger partial charge in [0.2, 0.25) is 0 Å². The fourth-order valence-electron chi connectivity index (χ4n) is 1.18. The lowest BCUT2D eigenvalue weighted by Crippen LogP contribution is -2.48. The standard InChI is InChI=1S/C7H14N2O3/c1-11-7(10)8-3-5-9(12-2)6-4-8/h3-6H2,1-2H3. The summed E-state index contributed by atoms with van der Waals surface area (Å²) in [5.74, 6) is 0. The predicted molar refractivity (Wildman–Crippen MR) is 42.6 cm³/mol. The molecule has 0 bridgehead atoms. The molecular weight excluding hydrogens is 160 g/mol. The first kappa shape index (κ1) is 9.28. The van der Waals surface area contributed by atoms with Crippen LogP contribution in [0.15, 0.2) is 0 Å². The zero-order valence-electron chi connectivity index (χ0n) is 7.45. The van der Waals surface area contributed by atoms with E-state index in [1.54, 1.807) is 12.0 Å². The zero-order chi connectivity index (χ0) is 8.97. The molecule has 0 aromatic rings. The normalized spacial score (nSPS) is 19.3. The van der Waals surface area contributed by atoms with E-state index in [2.05, 4.69) is 4.74 Å². The van der Waals surface area contributed by atoms with Gasteiger partial charge in [0.05, 0.1) is 14.2 Å². The van der Waals surface area contributed by atoms with Crippen LogP contribution in [0.5, 0.6) is 0 Å². The maximum Gasteiger partial charge on any atom is 0.409 e. The Morgan fingerprint density at radius 3 is 2.17 bits per heavy atom. The van der Waals surface area contributed by atoms with Crippen LogP contribution in [0, 0.1) is 0 Å². The van der Waals surface area contributed by atoms with Crippen LogP contribution in [-0.2, 0) is 9.57 Å². The van der Waals surface area contributed by atoms with Crippen molar-refractivity contribution < 1.29 is 14.4 Å². The van der Waals surface area contributed by atoms with Crippen LogP contribution in [0.3, 0.4) is 0 Å². The third kappa shape index (κ3) is 2.09. The van der Waals surface area contributed by atoms with Gasteiger partial charge in [-0.1, -0.05) is 0 Å². The number of ether oxygens (including phenoxy) is 1. The highest BCUT2D eigenvalue weighted by molar-refractivity contribution is 5.67. The first-order valence-electron chi connectivity index (χ1n) is 3.90. The topological polar surface area (TPSA) is 42.0 Å². The third-order valence-corrected chi connectivity index (χ3v) is 1.93. The lowest BCUT2D eigenvalue weighted by Gasteiger charge is -2.31. The maximum atomic E-state index is 11.0. The smallest absolute Gasteiger partial charge is 0.409 e. The highest BCUT2D eigenvalue weighted by atomic mass is 16.7. The van der Waals surface area contributed by atoms with Crippen molar-refractivity contribution in [3.8, 4) is 0 Å². The molecule has 1 amide bonds. The number of hydroxylamine groups is 2. The number of hydrogen-bond acceptors (Lipinski definition) is 4. The van der Waals surface area contributed by atoms with Crippen molar-refractivity contribution in [1.82, 2.24) is 9.96 Å². The molecule has 5 heteroatoms. The van der Waals surface area contributed by atoms with Gasteiger partial charge in [-0.15, -0.1) is 0 Å². The Morgan fingerprint density at radius 1 is 1.17 bits per heavy atom. The average Bonchev–Trinajstić information content (AvgIpc) is 2.17. The molecule has 1 saturated heterocycles. The summed E-state index contributed by atoms with van der Waals surface area (Å²) in [6.07, 6.45) is -0.259. The number of piperazine rings is 1. The Balaban J connectivity index is 2.30. The molecule has 5 nitrogen and oxygen atoms in total. The molecule has 0 N–H and O–H groups in total. The van der Waals surface area contributed by atoms with Crippen molar-refractivity contribution in [2.75, 3.05) is 40.4 Å². The van der Waals surface area contributed by atoms with Gasteiger partial charge in [0.25, 0.3) is 0 Å². The van der Waals surface area contributed by atoms with E-state index < -0.39 is 0 Å². The van der Waals surface area contributed by atoms with E-state index in [-0.39, 0.29) is 6.09 Å².